The smallest absolute Gasteiger partial charge is 0.172 e. The molecule has 1 aliphatic rings. The fraction of sp³-hybridized carbons (Fsp3) is 0.364. The third kappa shape index (κ3) is 1.85. The van der Waals surface area contributed by atoms with Crippen molar-refractivity contribution < 1.29 is 9.13 Å². The van der Waals surface area contributed by atoms with Crippen molar-refractivity contribution in [3.05, 3.63) is 20.2 Å². The maximum Gasteiger partial charge on any atom is 0.172 e. The molecule has 0 bridgehead atoms. The number of hydrogen-bond acceptors (Lipinski definition) is 2. The van der Waals surface area contributed by atoms with Gasteiger partial charge in [-0.25, -0.2) is 9.37 Å². The highest BCUT2D eigenvalue weighted by Crippen LogP contribution is 2.35. The molecule has 0 saturated carbocycles. The molecule has 0 N–H and O–H groups in total. The summed E-state index contributed by atoms with van der Waals surface area (Å²) in [6.07, 6.45) is 2.03. The molecule has 17 heavy (non-hydrogen) atoms. The first kappa shape index (κ1) is 11.7. The molecule has 0 amide bonds. The molecular formula is C11H9BrFIN2O. The van der Waals surface area contributed by atoms with Crippen molar-refractivity contribution in [3.8, 4) is 5.75 Å². The van der Waals surface area contributed by atoms with Crippen LogP contribution in [0.25, 0.3) is 11.0 Å². The van der Waals surface area contributed by atoms with E-state index in [1.807, 2.05) is 4.57 Å². The lowest BCUT2D eigenvalue weighted by atomic mass is 10.2. The molecule has 3 nitrogen and oxygen atoms in total. The molecule has 90 valence electrons. The zero-order valence-corrected chi connectivity index (χ0v) is 12.6. The van der Waals surface area contributed by atoms with Crippen LogP contribution in [0.3, 0.4) is 0 Å². The second kappa shape index (κ2) is 4.38. The van der Waals surface area contributed by atoms with E-state index in [1.54, 1.807) is 6.07 Å². The number of rotatable bonds is 0. The minimum absolute atomic E-state index is 0.315. The van der Waals surface area contributed by atoms with E-state index in [0.717, 1.165) is 28.7 Å². The predicted octanol–water partition coefficient (Wildman–Crippen LogP) is 3.72. The quantitative estimate of drug-likeness (QED) is 0.619. The topological polar surface area (TPSA) is 27.1 Å². The number of imidazole rings is 1. The monoisotopic (exact) mass is 410 g/mol. The second-order valence-corrected chi connectivity index (χ2v) is 5.77. The minimum atomic E-state index is -0.315. The Morgan fingerprint density at radius 1 is 1.47 bits per heavy atom. The lowest BCUT2D eigenvalue weighted by Crippen LogP contribution is -2.09. The fourth-order valence-electron chi connectivity index (χ4n) is 2.06. The maximum atomic E-state index is 14.0. The molecule has 0 unspecified atom stereocenters. The van der Waals surface area contributed by atoms with Crippen molar-refractivity contribution in [3.63, 3.8) is 0 Å². The molecule has 2 aromatic rings. The molecule has 0 aliphatic carbocycles. The third-order valence-electron chi connectivity index (χ3n) is 2.86. The van der Waals surface area contributed by atoms with E-state index in [1.165, 1.54) is 0 Å². The van der Waals surface area contributed by atoms with Crippen molar-refractivity contribution in [2.45, 2.75) is 19.4 Å². The van der Waals surface area contributed by atoms with E-state index < -0.39 is 0 Å². The summed E-state index contributed by atoms with van der Waals surface area (Å²) in [6, 6.07) is 1.69. The van der Waals surface area contributed by atoms with Crippen LogP contribution in [0.1, 0.15) is 12.8 Å². The SMILES string of the molecule is Fc1c(Br)cc2c3c1nc(I)n3CCCCO2. The molecular weight excluding hydrogens is 402 g/mol. The Balaban J connectivity index is 2.39. The van der Waals surface area contributed by atoms with Gasteiger partial charge in [0.25, 0.3) is 0 Å². The molecule has 2 heterocycles. The van der Waals surface area contributed by atoms with E-state index in [9.17, 15) is 4.39 Å². The molecule has 1 aromatic carbocycles. The molecule has 0 spiro atoms. The van der Waals surface area contributed by atoms with Crippen molar-refractivity contribution in [1.29, 1.82) is 0 Å². The predicted molar refractivity (Wildman–Crippen MR) is 74.8 cm³/mol. The van der Waals surface area contributed by atoms with E-state index in [2.05, 4.69) is 43.5 Å². The number of halogens is 3. The number of nitrogens with zero attached hydrogens (tertiary/aromatic N) is 2. The molecule has 0 radical (unpaired) electrons. The lowest BCUT2D eigenvalue weighted by molar-refractivity contribution is 0.298. The highest BCUT2D eigenvalue weighted by Gasteiger charge is 2.20. The van der Waals surface area contributed by atoms with Crippen LogP contribution < -0.4 is 4.74 Å². The van der Waals surface area contributed by atoms with Gasteiger partial charge in [-0.05, 0) is 57.4 Å². The normalized spacial score (nSPS) is 15.5. The molecule has 1 aliphatic heterocycles. The van der Waals surface area contributed by atoms with Gasteiger partial charge in [-0.3, -0.25) is 0 Å². The van der Waals surface area contributed by atoms with Crippen LogP contribution in [0.4, 0.5) is 4.39 Å². The van der Waals surface area contributed by atoms with Crippen LogP contribution in [0.2, 0.25) is 0 Å². The van der Waals surface area contributed by atoms with Crippen LogP contribution in [0.15, 0.2) is 10.5 Å². The van der Waals surface area contributed by atoms with Crippen LogP contribution in [-0.2, 0) is 6.54 Å². The summed E-state index contributed by atoms with van der Waals surface area (Å²) < 4.78 is 22.9. The van der Waals surface area contributed by atoms with Gasteiger partial charge >= 0.3 is 0 Å². The van der Waals surface area contributed by atoms with Gasteiger partial charge in [-0.1, -0.05) is 0 Å². The Bertz CT molecular complexity index is 599. The molecule has 0 fully saturated rings. The standard InChI is InChI=1S/C11H9BrFIN2O/c12-6-5-7-10-9(8(6)13)15-11(14)16(10)3-1-2-4-17-7/h5H,1-4H2. The van der Waals surface area contributed by atoms with Crippen LogP contribution in [-0.4, -0.2) is 16.2 Å². The second-order valence-electron chi connectivity index (χ2n) is 3.96. The number of benzene rings is 1. The van der Waals surface area contributed by atoms with Gasteiger partial charge in [0.05, 0.1) is 11.1 Å². The first-order chi connectivity index (χ1) is 8.18. The van der Waals surface area contributed by atoms with Crippen molar-refractivity contribution in [2.75, 3.05) is 6.61 Å². The van der Waals surface area contributed by atoms with E-state index in [4.69, 9.17) is 4.74 Å². The molecule has 0 atom stereocenters. The first-order valence-corrected chi connectivity index (χ1v) is 7.22. The Hall–Kier alpha value is -0.370. The summed E-state index contributed by atoms with van der Waals surface area (Å²) in [5, 5.41) is 0. The van der Waals surface area contributed by atoms with Crippen LogP contribution in [0.5, 0.6) is 5.75 Å². The minimum Gasteiger partial charge on any atom is -0.491 e. The van der Waals surface area contributed by atoms with Gasteiger partial charge in [-0.2, -0.15) is 0 Å². The van der Waals surface area contributed by atoms with E-state index >= 15 is 0 Å². The average Bonchev–Trinajstić information content (AvgIpc) is 2.58. The Morgan fingerprint density at radius 2 is 2.29 bits per heavy atom. The fourth-order valence-corrected chi connectivity index (χ4v) is 3.18. The van der Waals surface area contributed by atoms with Gasteiger partial charge < -0.3 is 9.30 Å². The summed E-state index contributed by atoms with van der Waals surface area (Å²) in [4.78, 5) is 4.29. The van der Waals surface area contributed by atoms with Gasteiger partial charge in [0.1, 0.15) is 16.8 Å². The Kier molecular flexibility index (Phi) is 3.02. The average molecular weight is 411 g/mol. The zero-order valence-electron chi connectivity index (χ0n) is 8.84. The van der Waals surface area contributed by atoms with Crippen molar-refractivity contribution >= 4 is 49.6 Å². The number of hydrogen-bond donors (Lipinski definition) is 0. The van der Waals surface area contributed by atoms with Gasteiger partial charge in [0.2, 0.25) is 0 Å². The van der Waals surface area contributed by atoms with Gasteiger partial charge in [0.15, 0.2) is 9.65 Å². The third-order valence-corrected chi connectivity index (χ3v) is 4.26. The van der Waals surface area contributed by atoms with Crippen LogP contribution in [0, 0.1) is 9.65 Å². The largest absolute Gasteiger partial charge is 0.491 e. The van der Waals surface area contributed by atoms with Gasteiger partial charge in [0, 0.05) is 6.54 Å². The highest BCUT2D eigenvalue weighted by molar-refractivity contribution is 14.1. The summed E-state index contributed by atoms with van der Waals surface area (Å²) >= 11 is 5.34. The number of aryl methyl sites for hydroxylation is 1. The molecule has 3 rings (SSSR count). The van der Waals surface area contributed by atoms with Gasteiger partial charge in [-0.15, -0.1) is 0 Å². The van der Waals surface area contributed by atoms with Crippen LogP contribution >= 0.6 is 38.5 Å². The zero-order chi connectivity index (χ0) is 12.0. The summed E-state index contributed by atoms with van der Waals surface area (Å²) in [5.41, 5.74) is 1.16. The summed E-state index contributed by atoms with van der Waals surface area (Å²) in [5.74, 6) is 0.396. The highest BCUT2D eigenvalue weighted by atomic mass is 127. The molecule has 0 saturated heterocycles. The summed E-state index contributed by atoms with van der Waals surface area (Å²) in [7, 11) is 0. The Morgan fingerprint density at radius 3 is 3.12 bits per heavy atom. The summed E-state index contributed by atoms with van der Waals surface area (Å²) in [6.45, 7) is 1.54. The Labute approximate surface area is 120 Å². The molecule has 6 heteroatoms. The first-order valence-electron chi connectivity index (χ1n) is 5.35. The number of ether oxygens (including phenoxy) is 1. The molecule has 1 aromatic heterocycles. The lowest BCUT2D eigenvalue weighted by Gasteiger charge is -2.15. The van der Waals surface area contributed by atoms with Crippen molar-refractivity contribution in [2.24, 2.45) is 0 Å². The van der Waals surface area contributed by atoms with Crippen molar-refractivity contribution in [1.82, 2.24) is 9.55 Å². The van der Waals surface area contributed by atoms with E-state index in [-0.39, 0.29) is 5.82 Å². The maximum absolute atomic E-state index is 14.0. The number of aromatic nitrogens is 2. The van der Waals surface area contributed by atoms with E-state index in [0.29, 0.717) is 22.3 Å².